The van der Waals surface area contributed by atoms with Crippen LogP contribution in [-0.4, -0.2) is 91.9 Å². The Morgan fingerprint density at radius 2 is 1.77 bits per heavy atom. The molecule has 0 bridgehead atoms. The van der Waals surface area contributed by atoms with Crippen molar-refractivity contribution in [3.8, 4) is 0 Å². The zero-order chi connectivity index (χ0) is 25.9. The van der Waals surface area contributed by atoms with Crippen LogP contribution < -0.4 is 5.32 Å². The van der Waals surface area contributed by atoms with Crippen LogP contribution in [0.3, 0.4) is 0 Å². The van der Waals surface area contributed by atoms with E-state index in [2.05, 4.69) is 10.2 Å². The summed E-state index contributed by atoms with van der Waals surface area (Å²) in [6.45, 7) is 7.49. The molecule has 3 aliphatic rings. The topological polar surface area (TPSA) is 99.2 Å². The van der Waals surface area contributed by atoms with Gasteiger partial charge in [0, 0.05) is 57.4 Å². The van der Waals surface area contributed by atoms with Crippen molar-refractivity contribution in [2.24, 2.45) is 10.8 Å². The Kier molecular flexibility index (Phi) is 8.10. The number of nitrogens with one attached hydrogen (secondary N) is 1. The third-order valence-corrected chi connectivity index (χ3v) is 7.54. The second-order valence-electron chi connectivity index (χ2n) is 9.48. The Labute approximate surface area is 202 Å². The Morgan fingerprint density at radius 3 is 2.29 bits per heavy atom. The molecule has 1 atom stereocenters. The fourth-order valence-corrected chi connectivity index (χ4v) is 5.65. The fraction of sp³-hybridized carbons (Fsp3) is 0.625. The second-order valence-corrected chi connectivity index (χ2v) is 9.48. The molecule has 0 radical (unpaired) electrons. The van der Waals surface area contributed by atoms with Crippen LogP contribution in [0.1, 0.15) is 35.2 Å². The van der Waals surface area contributed by atoms with Crippen LogP contribution in [0.5, 0.6) is 0 Å². The van der Waals surface area contributed by atoms with E-state index >= 15 is 0 Å². The van der Waals surface area contributed by atoms with E-state index in [9.17, 15) is 22.8 Å². The van der Waals surface area contributed by atoms with Crippen molar-refractivity contribution in [2.45, 2.75) is 32.4 Å². The van der Waals surface area contributed by atoms with Gasteiger partial charge in [0.2, 0.25) is 5.91 Å². The number of hydrogen-bond donors (Lipinski definition) is 2. The standard InChI is InChI=1S/C22H31N3O3.C2HF3O2/c1-17-5-3-4-6-18(17)19(26)25-11-8-21(9-12-25)15-24(13-14-28-2)16-22(21)7-10-23-20(22)27;3-2(4,5)1(6)7/h3-6H,7-16H2,1-2H3,(H,23,27);(H,6,7). The summed E-state index contributed by atoms with van der Waals surface area (Å²) in [6.07, 6.45) is -2.40. The summed E-state index contributed by atoms with van der Waals surface area (Å²) in [5, 5.41) is 10.2. The predicted molar refractivity (Wildman–Crippen MR) is 121 cm³/mol. The molecule has 0 aliphatic carbocycles. The number of aryl methyl sites for hydroxylation is 1. The van der Waals surface area contributed by atoms with Gasteiger partial charge in [0.05, 0.1) is 12.0 Å². The number of carboxylic acid groups (broad SMARTS) is 1. The van der Waals surface area contributed by atoms with Crippen molar-refractivity contribution in [3.63, 3.8) is 0 Å². The largest absolute Gasteiger partial charge is 0.490 e. The number of methoxy groups -OCH3 is 1. The lowest BCUT2D eigenvalue weighted by Crippen LogP contribution is -2.53. The molecule has 2 N–H and O–H groups in total. The molecule has 1 aromatic rings. The highest BCUT2D eigenvalue weighted by Gasteiger charge is 2.63. The molecular formula is C24H32F3N3O5. The van der Waals surface area contributed by atoms with Gasteiger partial charge >= 0.3 is 12.1 Å². The molecule has 8 nitrogen and oxygen atoms in total. The van der Waals surface area contributed by atoms with E-state index < -0.39 is 12.1 Å². The molecule has 35 heavy (non-hydrogen) atoms. The molecular weight excluding hydrogens is 467 g/mol. The van der Waals surface area contributed by atoms with Crippen LogP contribution in [-0.2, 0) is 14.3 Å². The van der Waals surface area contributed by atoms with Crippen molar-refractivity contribution in [1.82, 2.24) is 15.1 Å². The number of ether oxygens (including phenoxy) is 1. The lowest BCUT2D eigenvalue weighted by molar-refractivity contribution is -0.192. The first-order valence-electron chi connectivity index (χ1n) is 11.6. The number of aliphatic carboxylic acids is 1. The summed E-state index contributed by atoms with van der Waals surface area (Å²) < 4.78 is 37.0. The number of carbonyl (C=O) groups excluding carboxylic acids is 2. The molecule has 1 aromatic carbocycles. The number of piperidine rings is 1. The van der Waals surface area contributed by atoms with Crippen molar-refractivity contribution in [3.05, 3.63) is 35.4 Å². The number of hydrogen-bond acceptors (Lipinski definition) is 5. The molecule has 2 amide bonds. The fourth-order valence-electron chi connectivity index (χ4n) is 5.65. The highest BCUT2D eigenvalue weighted by Crippen LogP contribution is 2.56. The first kappa shape index (κ1) is 26.9. The van der Waals surface area contributed by atoms with Gasteiger partial charge in [-0.05, 0) is 37.8 Å². The molecule has 0 saturated carbocycles. The van der Waals surface area contributed by atoms with Crippen LogP contribution in [0, 0.1) is 17.8 Å². The number of benzene rings is 1. The lowest BCUT2D eigenvalue weighted by atomic mass is 9.60. The number of rotatable bonds is 4. The van der Waals surface area contributed by atoms with Gasteiger partial charge in [-0.1, -0.05) is 18.2 Å². The summed E-state index contributed by atoms with van der Waals surface area (Å²) in [4.78, 5) is 39.2. The minimum atomic E-state index is -5.08. The van der Waals surface area contributed by atoms with Crippen molar-refractivity contribution in [1.29, 1.82) is 0 Å². The van der Waals surface area contributed by atoms with E-state index in [1.807, 2.05) is 36.1 Å². The van der Waals surface area contributed by atoms with Gasteiger partial charge in [0.1, 0.15) is 0 Å². The van der Waals surface area contributed by atoms with Gasteiger partial charge < -0.3 is 20.1 Å². The zero-order valence-electron chi connectivity index (χ0n) is 20.0. The van der Waals surface area contributed by atoms with E-state index in [-0.39, 0.29) is 22.6 Å². The van der Waals surface area contributed by atoms with Gasteiger partial charge in [-0.3, -0.25) is 14.5 Å². The summed E-state index contributed by atoms with van der Waals surface area (Å²) in [6, 6.07) is 7.79. The zero-order valence-corrected chi connectivity index (χ0v) is 20.0. The smallest absolute Gasteiger partial charge is 0.475 e. The van der Waals surface area contributed by atoms with Crippen molar-refractivity contribution >= 4 is 17.8 Å². The molecule has 3 aliphatic heterocycles. The monoisotopic (exact) mass is 499 g/mol. The first-order valence-corrected chi connectivity index (χ1v) is 11.6. The predicted octanol–water partition coefficient (Wildman–Crippen LogP) is 2.32. The number of likely N-dealkylation sites (tertiary alicyclic amines) is 2. The molecule has 3 fully saturated rings. The maximum atomic E-state index is 13.0. The minimum Gasteiger partial charge on any atom is -0.475 e. The number of carbonyl (C=O) groups is 3. The number of halogens is 3. The summed E-state index contributed by atoms with van der Waals surface area (Å²) in [5.41, 5.74) is 1.47. The minimum absolute atomic E-state index is 0.0379. The molecule has 0 aromatic heterocycles. The maximum Gasteiger partial charge on any atom is 0.490 e. The van der Waals surface area contributed by atoms with Gasteiger partial charge in [0.25, 0.3) is 5.91 Å². The Hall–Kier alpha value is -2.66. The lowest BCUT2D eigenvalue weighted by Gasteiger charge is -2.46. The number of nitrogens with zero attached hydrogens (tertiary/aromatic N) is 2. The van der Waals surface area contributed by atoms with E-state index in [4.69, 9.17) is 14.6 Å². The first-order chi connectivity index (χ1) is 16.5. The van der Waals surface area contributed by atoms with Gasteiger partial charge in [0.15, 0.2) is 0 Å². The molecule has 194 valence electrons. The van der Waals surface area contributed by atoms with Crippen molar-refractivity contribution < 1.29 is 37.4 Å². The van der Waals surface area contributed by atoms with Crippen molar-refractivity contribution in [2.75, 3.05) is 53.0 Å². The second kappa shape index (κ2) is 10.5. The molecule has 3 saturated heterocycles. The molecule has 11 heteroatoms. The highest BCUT2D eigenvalue weighted by molar-refractivity contribution is 5.95. The average Bonchev–Trinajstić information content (AvgIpc) is 3.33. The molecule has 4 rings (SSSR count). The Balaban J connectivity index is 0.000000429. The van der Waals surface area contributed by atoms with E-state index in [1.165, 1.54) is 0 Å². The van der Waals surface area contributed by atoms with Crippen LogP contribution in [0.15, 0.2) is 24.3 Å². The van der Waals surface area contributed by atoms with Gasteiger partial charge in [-0.15, -0.1) is 0 Å². The van der Waals surface area contributed by atoms with Crippen LogP contribution in [0.2, 0.25) is 0 Å². The SMILES string of the molecule is COCCN1CC2(CCN(C(=O)c3ccccc3C)CC2)C2(CCNC2=O)C1.O=C(O)C(F)(F)F. The summed E-state index contributed by atoms with van der Waals surface area (Å²) in [7, 11) is 1.72. The number of amides is 2. The van der Waals surface area contributed by atoms with E-state index in [0.717, 1.165) is 69.7 Å². The van der Waals surface area contributed by atoms with Crippen LogP contribution >= 0.6 is 0 Å². The van der Waals surface area contributed by atoms with E-state index in [1.54, 1.807) is 7.11 Å². The van der Waals surface area contributed by atoms with Gasteiger partial charge in [-0.2, -0.15) is 13.2 Å². The average molecular weight is 500 g/mol. The molecule has 2 spiro atoms. The molecule has 3 heterocycles. The third-order valence-electron chi connectivity index (χ3n) is 7.54. The Bertz CT molecular complexity index is 947. The Morgan fingerprint density at radius 1 is 1.14 bits per heavy atom. The number of fused-ring (bicyclic) bond motifs is 1. The number of alkyl halides is 3. The number of carboxylic acids is 1. The summed E-state index contributed by atoms with van der Waals surface area (Å²) >= 11 is 0. The normalized spacial score (nSPS) is 23.8. The van der Waals surface area contributed by atoms with Gasteiger partial charge in [-0.25, -0.2) is 4.79 Å². The summed E-state index contributed by atoms with van der Waals surface area (Å²) in [5.74, 6) is -2.43. The maximum absolute atomic E-state index is 13.0. The van der Waals surface area contributed by atoms with E-state index in [0.29, 0.717) is 6.61 Å². The molecule has 1 unspecified atom stereocenters. The third kappa shape index (κ3) is 5.45. The quantitative estimate of drug-likeness (QED) is 0.660. The highest BCUT2D eigenvalue weighted by atomic mass is 19.4. The van der Waals surface area contributed by atoms with Crippen LogP contribution in [0.4, 0.5) is 13.2 Å². The van der Waals surface area contributed by atoms with Crippen LogP contribution in [0.25, 0.3) is 0 Å².